The van der Waals surface area contributed by atoms with Crippen LogP contribution in [0.1, 0.15) is 57.2 Å². The quantitative estimate of drug-likeness (QED) is 0.617. The monoisotopic (exact) mass is 266 g/mol. The molecule has 0 radical (unpaired) electrons. The van der Waals surface area contributed by atoms with Crippen molar-refractivity contribution in [3.05, 3.63) is 59.2 Å². The van der Waals surface area contributed by atoms with Gasteiger partial charge in [0.05, 0.1) is 0 Å². The summed E-state index contributed by atoms with van der Waals surface area (Å²) in [6.07, 6.45) is 0. The van der Waals surface area contributed by atoms with Crippen molar-refractivity contribution in [2.45, 2.75) is 52.9 Å². The van der Waals surface area contributed by atoms with Crippen molar-refractivity contribution >= 4 is 0 Å². The van der Waals surface area contributed by atoms with Crippen LogP contribution in [-0.2, 0) is 5.41 Å². The Morgan fingerprint density at radius 3 is 2.15 bits per heavy atom. The smallest absolute Gasteiger partial charge is 0.0132 e. The molecule has 0 nitrogen and oxygen atoms in total. The third-order valence-corrected chi connectivity index (χ3v) is 3.96. The van der Waals surface area contributed by atoms with Crippen molar-refractivity contribution < 1.29 is 0 Å². The van der Waals surface area contributed by atoms with Crippen LogP contribution in [0.25, 0.3) is 11.1 Å². The van der Waals surface area contributed by atoms with Crippen LogP contribution in [0.4, 0.5) is 0 Å². The number of benzene rings is 2. The highest BCUT2D eigenvalue weighted by Gasteiger charge is 2.15. The van der Waals surface area contributed by atoms with Gasteiger partial charge < -0.3 is 0 Å². The lowest BCUT2D eigenvalue weighted by Gasteiger charge is -2.21. The highest BCUT2D eigenvalue weighted by atomic mass is 14.2. The minimum atomic E-state index is 0.211. The van der Waals surface area contributed by atoms with Crippen molar-refractivity contribution in [2.75, 3.05) is 0 Å². The highest BCUT2D eigenvalue weighted by Crippen LogP contribution is 2.30. The zero-order valence-electron chi connectivity index (χ0n) is 13.6. The zero-order chi connectivity index (χ0) is 14.9. The standard InChI is InChI=1S/C20H26/c1-14(2)16-8-7-9-17(13-16)19-11-10-18(12-15(19)3)20(4,5)6/h7-14H,1-6H3. The van der Waals surface area contributed by atoms with Gasteiger partial charge in [-0.25, -0.2) is 0 Å². The first-order valence-corrected chi connectivity index (χ1v) is 7.50. The molecule has 0 unspecified atom stereocenters. The van der Waals surface area contributed by atoms with E-state index in [1.165, 1.54) is 27.8 Å². The molecule has 20 heavy (non-hydrogen) atoms. The summed E-state index contributed by atoms with van der Waals surface area (Å²) < 4.78 is 0. The minimum Gasteiger partial charge on any atom is -0.0614 e. The van der Waals surface area contributed by atoms with Gasteiger partial charge >= 0.3 is 0 Å². The molecule has 0 amide bonds. The Balaban J connectivity index is 2.46. The van der Waals surface area contributed by atoms with Crippen molar-refractivity contribution in [3.8, 4) is 11.1 Å². The molecule has 0 spiro atoms. The predicted octanol–water partition coefficient (Wildman–Crippen LogP) is 6.08. The van der Waals surface area contributed by atoms with Crippen LogP contribution >= 0.6 is 0 Å². The molecular formula is C20H26. The molecule has 0 heterocycles. The minimum absolute atomic E-state index is 0.211. The van der Waals surface area contributed by atoms with E-state index in [0.717, 1.165) is 0 Å². The molecule has 0 atom stereocenters. The molecule has 0 aliphatic rings. The largest absolute Gasteiger partial charge is 0.0614 e. The van der Waals surface area contributed by atoms with Crippen molar-refractivity contribution in [3.63, 3.8) is 0 Å². The molecule has 2 aromatic rings. The molecule has 0 bridgehead atoms. The van der Waals surface area contributed by atoms with Crippen LogP contribution in [0.2, 0.25) is 0 Å². The Labute approximate surface area is 123 Å². The zero-order valence-corrected chi connectivity index (χ0v) is 13.6. The Hall–Kier alpha value is -1.56. The van der Waals surface area contributed by atoms with Gasteiger partial charge in [-0.05, 0) is 46.1 Å². The molecule has 0 fully saturated rings. The molecular weight excluding hydrogens is 240 g/mol. The molecule has 2 aromatic carbocycles. The first-order chi connectivity index (χ1) is 9.29. The summed E-state index contributed by atoms with van der Waals surface area (Å²) in [5.41, 5.74) is 7.05. The second kappa shape index (κ2) is 5.44. The van der Waals surface area contributed by atoms with E-state index in [2.05, 4.69) is 84.0 Å². The first-order valence-electron chi connectivity index (χ1n) is 7.50. The van der Waals surface area contributed by atoms with E-state index in [1.54, 1.807) is 0 Å². The summed E-state index contributed by atoms with van der Waals surface area (Å²) in [7, 11) is 0. The molecule has 106 valence electrons. The Morgan fingerprint density at radius 1 is 0.900 bits per heavy atom. The third-order valence-electron chi connectivity index (χ3n) is 3.96. The van der Waals surface area contributed by atoms with Gasteiger partial charge in [0, 0.05) is 0 Å². The van der Waals surface area contributed by atoms with Crippen LogP contribution in [0, 0.1) is 6.92 Å². The summed E-state index contributed by atoms with van der Waals surface area (Å²) in [5, 5.41) is 0. The lowest BCUT2D eigenvalue weighted by molar-refractivity contribution is 0.590. The van der Waals surface area contributed by atoms with E-state index >= 15 is 0 Å². The van der Waals surface area contributed by atoms with Gasteiger partial charge in [0.2, 0.25) is 0 Å². The fourth-order valence-electron chi connectivity index (χ4n) is 2.52. The van der Waals surface area contributed by atoms with E-state index in [1.807, 2.05) is 0 Å². The van der Waals surface area contributed by atoms with Gasteiger partial charge in [-0.1, -0.05) is 77.1 Å². The van der Waals surface area contributed by atoms with E-state index in [0.29, 0.717) is 5.92 Å². The van der Waals surface area contributed by atoms with Crippen molar-refractivity contribution in [2.24, 2.45) is 0 Å². The van der Waals surface area contributed by atoms with E-state index in [-0.39, 0.29) is 5.41 Å². The molecule has 0 saturated carbocycles. The predicted molar refractivity (Wildman–Crippen MR) is 89.4 cm³/mol. The van der Waals surface area contributed by atoms with Crippen molar-refractivity contribution in [1.82, 2.24) is 0 Å². The molecule has 0 heteroatoms. The lowest BCUT2D eigenvalue weighted by atomic mass is 9.84. The topological polar surface area (TPSA) is 0 Å². The molecule has 2 rings (SSSR count). The Bertz CT molecular complexity index is 598. The number of hydrogen-bond donors (Lipinski definition) is 0. The maximum Gasteiger partial charge on any atom is -0.0132 e. The van der Waals surface area contributed by atoms with Crippen LogP contribution in [0.5, 0.6) is 0 Å². The molecule has 0 saturated heterocycles. The van der Waals surface area contributed by atoms with E-state index in [4.69, 9.17) is 0 Å². The number of hydrogen-bond acceptors (Lipinski definition) is 0. The van der Waals surface area contributed by atoms with E-state index < -0.39 is 0 Å². The highest BCUT2D eigenvalue weighted by molar-refractivity contribution is 5.68. The summed E-state index contributed by atoms with van der Waals surface area (Å²) in [4.78, 5) is 0. The summed E-state index contributed by atoms with van der Waals surface area (Å²) >= 11 is 0. The van der Waals surface area contributed by atoms with Crippen LogP contribution in [0.3, 0.4) is 0 Å². The van der Waals surface area contributed by atoms with E-state index in [9.17, 15) is 0 Å². The number of aryl methyl sites for hydroxylation is 1. The van der Waals surface area contributed by atoms with Gasteiger partial charge in [-0.15, -0.1) is 0 Å². The van der Waals surface area contributed by atoms with Crippen molar-refractivity contribution in [1.29, 1.82) is 0 Å². The maximum absolute atomic E-state index is 2.33. The van der Waals surface area contributed by atoms with Gasteiger partial charge in [0.25, 0.3) is 0 Å². The summed E-state index contributed by atoms with van der Waals surface area (Å²) in [6.45, 7) is 13.5. The second-order valence-electron chi connectivity index (χ2n) is 7.06. The Kier molecular flexibility index (Phi) is 4.04. The van der Waals surface area contributed by atoms with Crippen LogP contribution in [0.15, 0.2) is 42.5 Å². The number of rotatable bonds is 2. The third kappa shape index (κ3) is 3.12. The lowest BCUT2D eigenvalue weighted by Crippen LogP contribution is -2.11. The average molecular weight is 266 g/mol. The molecule has 0 N–H and O–H groups in total. The van der Waals surface area contributed by atoms with Gasteiger partial charge in [0.15, 0.2) is 0 Å². The maximum atomic E-state index is 2.33. The second-order valence-corrected chi connectivity index (χ2v) is 7.06. The fourth-order valence-corrected chi connectivity index (χ4v) is 2.52. The summed E-state index contributed by atoms with van der Waals surface area (Å²) in [6, 6.07) is 15.8. The molecule has 0 aliphatic heterocycles. The SMILES string of the molecule is Cc1cc(C(C)(C)C)ccc1-c1cccc(C(C)C)c1. The van der Waals surface area contributed by atoms with Crippen LogP contribution in [-0.4, -0.2) is 0 Å². The van der Waals surface area contributed by atoms with Crippen LogP contribution < -0.4 is 0 Å². The van der Waals surface area contributed by atoms with Gasteiger partial charge in [-0.2, -0.15) is 0 Å². The normalized spacial score (nSPS) is 11.9. The average Bonchev–Trinajstić information content (AvgIpc) is 2.37. The fraction of sp³-hybridized carbons (Fsp3) is 0.400. The van der Waals surface area contributed by atoms with Gasteiger partial charge in [0.1, 0.15) is 0 Å². The Morgan fingerprint density at radius 2 is 1.60 bits per heavy atom. The summed E-state index contributed by atoms with van der Waals surface area (Å²) in [5.74, 6) is 0.573. The van der Waals surface area contributed by atoms with Gasteiger partial charge in [-0.3, -0.25) is 0 Å². The molecule has 0 aliphatic carbocycles. The first kappa shape index (κ1) is 14.8. The molecule has 0 aromatic heterocycles.